The summed E-state index contributed by atoms with van der Waals surface area (Å²) in [6.45, 7) is 0. The largest absolute Gasteiger partial charge is 0.478 e. The highest BCUT2D eigenvalue weighted by Gasteiger charge is 2.22. The number of nitrogens with zero attached hydrogens (tertiary/aromatic N) is 6. The predicted octanol–water partition coefficient (Wildman–Crippen LogP) is 2.60. The van der Waals surface area contributed by atoms with Crippen LogP contribution in [0.25, 0.3) is 5.82 Å². The summed E-state index contributed by atoms with van der Waals surface area (Å²) in [4.78, 5) is 53.3. The highest BCUT2D eigenvalue weighted by atomic mass is 19.1. The van der Waals surface area contributed by atoms with Gasteiger partial charge in [-0.25, -0.2) is 29.2 Å². The van der Waals surface area contributed by atoms with E-state index in [-0.39, 0.29) is 53.2 Å². The standard InChI is InChI=1S/C31H26F2N10O6/c32-21-12-19(30(46)47)25(37-28(44)23-6-7-27(40-39-23)42-9-8-36-15-42)10-16(21)2-1-3-17-11-26(20(31(48)49)13-22(17)33)38-29(45)24-5-4-18(14-34)43(35)41-24/h4-15H,1-3,34-35H2,(H,37,44)(H,38,45)(H,46,47)(H,48,49)/b18-14-. The number of nitrogens with two attached hydrogens (primary N) is 2. The third-order valence-corrected chi connectivity index (χ3v) is 7.17. The minimum Gasteiger partial charge on any atom is -0.478 e. The zero-order valence-electron chi connectivity index (χ0n) is 25.2. The van der Waals surface area contributed by atoms with Gasteiger partial charge in [0, 0.05) is 18.6 Å². The van der Waals surface area contributed by atoms with E-state index < -0.39 is 46.5 Å². The van der Waals surface area contributed by atoms with Crippen molar-refractivity contribution in [1.29, 1.82) is 0 Å². The van der Waals surface area contributed by atoms with Gasteiger partial charge in [0.1, 0.15) is 18.0 Å². The summed E-state index contributed by atoms with van der Waals surface area (Å²) in [5.41, 5.74) is 3.93. The molecule has 4 aromatic rings. The smallest absolute Gasteiger partial charge is 0.337 e. The third kappa shape index (κ3) is 7.60. The van der Waals surface area contributed by atoms with Gasteiger partial charge in [-0.3, -0.25) is 14.2 Å². The number of carboxylic acids is 2. The van der Waals surface area contributed by atoms with E-state index in [2.05, 4.69) is 30.9 Å². The van der Waals surface area contributed by atoms with Crippen molar-refractivity contribution in [3.63, 3.8) is 0 Å². The number of carbonyl (C=O) groups is 4. The lowest BCUT2D eigenvalue weighted by molar-refractivity contribution is -0.110. The van der Waals surface area contributed by atoms with E-state index in [9.17, 15) is 33.8 Å². The van der Waals surface area contributed by atoms with E-state index in [1.807, 2.05) is 0 Å². The van der Waals surface area contributed by atoms with Crippen molar-refractivity contribution in [3.8, 4) is 5.82 Å². The van der Waals surface area contributed by atoms with Gasteiger partial charge in [-0.2, -0.15) is 10.2 Å². The van der Waals surface area contributed by atoms with E-state index in [0.717, 1.165) is 35.6 Å². The molecule has 49 heavy (non-hydrogen) atoms. The predicted molar refractivity (Wildman–Crippen MR) is 169 cm³/mol. The molecule has 2 amide bonds. The van der Waals surface area contributed by atoms with Gasteiger partial charge in [-0.1, -0.05) is 0 Å². The Morgan fingerprint density at radius 1 is 0.857 bits per heavy atom. The number of amides is 2. The molecule has 1 aliphatic heterocycles. The van der Waals surface area contributed by atoms with Crippen LogP contribution in [0.2, 0.25) is 0 Å². The second kappa shape index (κ2) is 14.3. The number of aryl methyl sites for hydroxylation is 2. The molecule has 1 aliphatic rings. The first-order valence-electron chi connectivity index (χ1n) is 14.2. The molecule has 18 heteroatoms. The summed E-state index contributed by atoms with van der Waals surface area (Å²) >= 11 is 0. The summed E-state index contributed by atoms with van der Waals surface area (Å²) in [7, 11) is 0. The third-order valence-electron chi connectivity index (χ3n) is 7.17. The summed E-state index contributed by atoms with van der Waals surface area (Å²) in [6, 6.07) is 6.67. The van der Waals surface area contributed by atoms with Crippen LogP contribution in [0.3, 0.4) is 0 Å². The number of hydrazone groups is 1. The summed E-state index contributed by atoms with van der Waals surface area (Å²) in [6.07, 6.45) is 8.51. The van der Waals surface area contributed by atoms with Crippen LogP contribution in [0, 0.1) is 11.6 Å². The summed E-state index contributed by atoms with van der Waals surface area (Å²) in [5.74, 6) is -0.335. The Kier molecular flexibility index (Phi) is 9.79. The van der Waals surface area contributed by atoms with Crippen LogP contribution in [0.5, 0.6) is 0 Å². The van der Waals surface area contributed by atoms with Crippen LogP contribution in [0.4, 0.5) is 20.2 Å². The molecule has 0 spiro atoms. The van der Waals surface area contributed by atoms with Gasteiger partial charge in [0.2, 0.25) is 0 Å². The second-order valence-corrected chi connectivity index (χ2v) is 10.4. The molecular weight excluding hydrogens is 646 g/mol. The molecule has 8 N–H and O–H groups in total. The summed E-state index contributed by atoms with van der Waals surface area (Å²) < 4.78 is 31.5. The highest BCUT2D eigenvalue weighted by molar-refractivity contribution is 6.47. The van der Waals surface area contributed by atoms with Gasteiger partial charge in [0.05, 0.1) is 28.2 Å². The van der Waals surface area contributed by atoms with Gasteiger partial charge in [-0.15, -0.1) is 10.2 Å². The maximum atomic E-state index is 15.0. The Morgan fingerprint density at radius 3 is 1.96 bits per heavy atom. The van der Waals surface area contributed by atoms with E-state index >= 15 is 4.39 Å². The zero-order valence-corrected chi connectivity index (χ0v) is 25.2. The Balaban J connectivity index is 1.31. The molecule has 250 valence electrons. The monoisotopic (exact) mass is 672 g/mol. The van der Waals surface area contributed by atoms with Crippen molar-refractivity contribution in [2.24, 2.45) is 16.7 Å². The average molecular weight is 673 g/mol. The SMILES string of the molecule is N/C=C1/C=CC(C(=O)Nc2cc(CCCc3cc(NC(=O)c4ccc(-n5ccnc5)nn4)c(C(=O)O)cc3F)c(F)cc2C(=O)O)=NN1N. The Bertz CT molecular complexity index is 2050. The van der Waals surface area contributed by atoms with Crippen molar-refractivity contribution in [1.82, 2.24) is 24.9 Å². The van der Waals surface area contributed by atoms with Crippen molar-refractivity contribution in [2.75, 3.05) is 10.6 Å². The van der Waals surface area contributed by atoms with E-state index in [0.29, 0.717) is 11.5 Å². The molecular formula is C31H26F2N10O6. The minimum atomic E-state index is -1.51. The number of aromatic carboxylic acids is 2. The number of halogens is 2. The van der Waals surface area contributed by atoms with Gasteiger partial charge in [-0.05, 0) is 78.9 Å². The number of carboxylic acid groups (broad SMARTS) is 2. The Morgan fingerprint density at radius 2 is 1.47 bits per heavy atom. The van der Waals surface area contributed by atoms with Gasteiger partial charge < -0.3 is 26.6 Å². The number of hydrogen-bond acceptors (Lipinski definition) is 11. The fourth-order valence-electron chi connectivity index (χ4n) is 4.70. The second-order valence-electron chi connectivity index (χ2n) is 10.4. The quantitative estimate of drug-likeness (QED) is 0.126. The molecule has 2 aromatic carbocycles. The van der Waals surface area contributed by atoms with Crippen molar-refractivity contribution in [3.05, 3.63) is 119 Å². The number of allylic oxidation sites excluding steroid dienone is 1. The fraction of sp³-hybridized carbons (Fsp3) is 0.0968. The summed E-state index contributed by atoms with van der Waals surface area (Å²) in [5, 5.41) is 36.6. The number of benzene rings is 2. The van der Waals surface area contributed by atoms with Crippen LogP contribution in [0.15, 0.2) is 84.3 Å². The molecule has 0 atom stereocenters. The van der Waals surface area contributed by atoms with Crippen molar-refractivity contribution < 1.29 is 38.2 Å². The maximum absolute atomic E-state index is 15.0. The molecule has 2 aromatic heterocycles. The molecule has 0 bridgehead atoms. The maximum Gasteiger partial charge on any atom is 0.337 e. The first-order valence-corrected chi connectivity index (χ1v) is 14.2. The molecule has 0 saturated heterocycles. The normalized spacial score (nSPS) is 13.2. The number of hydrogen-bond donors (Lipinski definition) is 6. The van der Waals surface area contributed by atoms with Gasteiger partial charge in [0.25, 0.3) is 11.8 Å². The van der Waals surface area contributed by atoms with E-state index in [4.69, 9.17) is 11.6 Å². The molecule has 3 heterocycles. The Hall–Kier alpha value is -6.82. The van der Waals surface area contributed by atoms with Crippen LogP contribution in [0.1, 0.15) is 48.8 Å². The van der Waals surface area contributed by atoms with Crippen molar-refractivity contribution >= 4 is 40.8 Å². The van der Waals surface area contributed by atoms with Crippen LogP contribution >= 0.6 is 0 Å². The lowest BCUT2D eigenvalue weighted by atomic mass is 9.99. The number of aromatic nitrogens is 4. The highest BCUT2D eigenvalue weighted by Crippen LogP contribution is 2.26. The van der Waals surface area contributed by atoms with Crippen LogP contribution in [-0.2, 0) is 17.6 Å². The topological polar surface area (TPSA) is 244 Å². The number of imidazole rings is 1. The number of anilines is 2. The number of carbonyl (C=O) groups excluding carboxylic acids is 2. The number of hydrazine groups is 1. The van der Waals surface area contributed by atoms with Gasteiger partial charge in [0.15, 0.2) is 17.2 Å². The van der Waals surface area contributed by atoms with Crippen LogP contribution in [-0.4, -0.2) is 64.5 Å². The molecule has 0 aliphatic carbocycles. The molecule has 16 nitrogen and oxygen atoms in total. The van der Waals surface area contributed by atoms with E-state index in [1.165, 1.54) is 36.8 Å². The molecule has 0 fully saturated rings. The average Bonchev–Trinajstić information content (AvgIpc) is 3.62. The first kappa shape index (κ1) is 33.5. The zero-order chi connectivity index (χ0) is 35.2. The molecule has 0 saturated carbocycles. The lowest BCUT2D eigenvalue weighted by Gasteiger charge is -2.18. The Labute approximate surface area is 275 Å². The van der Waals surface area contributed by atoms with E-state index in [1.54, 1.807) is 10.8 Å². The molecule has 0 radical (unpaired) electrons. The fourth-order valence-corrected chi connectivity index (χ4v) is 4.70. The molecule has 5 rings (SSSR count). The molecule has 0 unspecified atom stereocenters. The first-order chi connectivity index (χ1) is 23.4. The van der Waals surface area contributed by atoms with Gasteiger partial charge >= 0.3 is 11.9 Å². The number of nitrogens with one attached hydrogen (secondary N) is 2. The van der Waals surface area contributed by atoms with Crippen molar-refractivity contribution in [2.45, 2.75) is 19.3 Å². The van der Waals surface area contributed by atoms with Crippen LogP contribution < -0.4 is 22.2 Å². The minimum absolute atomic E-state index is 0.00373. The lowest BCUT2D eigenvalue weighted by Crippen LogP contribution is -2.33. The number of rotatable bonds is 11.